The Bertz CT molecular complexity index is 727. The lowest BCUT2D eigenvalue weighted by atomic mass is 10.2. The van der Waals surface area contributed by atoms with Gasteiger partial charge in [-0.15, -0.1) is 11.3 Å². The number of aryl methyl sites for hydroxylation is 2. The minimum Gasteiger partial charge on any atom is -0.325 e. The van der Waals surface area contributed by atoms with Gasteiger partial charge in [-0.25, -0.2) is 4.98 Å². The molecule has 0 aliphatic heterocycles. The quantitative estimate of drug-likeness (QED) is 0.801. The van der Waals surface area contributed by atoms with E-state index in [2.05, 4.69) is 41.4 Å². The van der Waals surface area contributed by atoms with Crippen LogP contribution in [0.3, 0.4) is 0 Å². The maximum atomic E-state index is 5.87. The molecule has 0 bridgehead atoms. The number of thiazole rings is 1. The lowest BCUT2D eigenvalue weighted by molar-refractivity contribution is 0.924. The first kappa shape index (κ1) is 12.7. The third-order valence-corrected chi connectivity index (χ3v) is 5.01. The number of nitrogens with zero attached hydrogens (tertiary/aromatic N) is 2. The zero-order valence-corrected chi connectivity index (χ0v) is 12.5. The second-order valence-corrected chi connectivity index (χ2v) is 6.40. The Kier molecular flexibility index (Phi) is 3.35. The molecule has 0 fully saturated rings. The molecule has 3 aromatic rings. The van der Waals surface area contributed by atoms with Crippen LogP contribution < -0.4 is 5.73 Å². The summed E-state index contributed by atoms with van der Waals surface area (Å²) in [5.41, 5.74) is 9.52. The molecule has 0 aliphatic carbocycles. The molecule has 0 saturated carbocycles. The van der Waals surface area contributed by atoms with E-state index in [4.69, 9.17) is 5.73 Å². The summed E-state index contributed by atoms with van der Waals surface area (Å²) >= 11 is 3.34. The monoisotopic (exact) mass is 289 g/mol. The highest BCUT2D eigenvalue weighted by Gasteiger charge is 2.13. The van der Waals surface area contributed by atoms with Crippen LogP contribution in [0, 0.1) is 13.8 Å². The number of rotatable bonds is 3. The Labute approximate surface area is 120 Å². The van der Waals surface area contributed by atoms with Gasteiger partial charge in [0.2, 0.25) is 0 Å². The van der Waals surface area contributed by atoms with Crippen molar-refractivity contribution in [3.63, 3.8) is 0 Å². The fourth-order valence-corrected chi connectivity index (χ4v) is 3.88. The van der Waals surface area contributed by atoms with Gasteiger partial charge >= 0.3 is 0 Å². The first-order valence-electron chi connectivity index (χ1n) is 6.08. The number of hydrogen-bond acceptors (Lipinski definition) is 4. The minimum atomic E-state index is 0.505. The minimum absolute atomic E-state index is 0.505. The van der Waals surface area contributed by atoms with E-state index in [-0.39, 0.29) is 0 Å². The van der Waals surface area contributed by atoms with E-state index in [0.717, 1.165) is 15.7 Å². The summed E-state index contributed by atoms with van der Waals surface area (Å²) in [5, 5.41) is 3.05. The van der Waals surface area contributed by atoms with Crippen molar-refractivity contribution in [3.8, 4) is 0 Å². The van der Waals surface area contributed by atoms with Crippen LogP contribution >= 0.6 is 23.1 Å². The predicted molar refractivity (Wildman–Crippen MR) is 81.0 cm³/mol. The third kappa shape index (κ3) is 2.29. The highest BCUT2D eigenvalue weighted by atomic mass is 32.2. The molecule has 0 radical (unpaired) electrons. The van der Waals surface area contributed by atoms with E-state index in [1.165, 1.54) is 16.0 Å². The number of hydrogen-bond donors (Lipinski definition) is 1. The summed E-state index contributed by atoms with van der Waals surface area (Å²) in [5.74, 6) is 0. The molecule has 0 unspecified atom stereocenters. The number of benzene rings is 1. The van der Waals surface area contributed by atoms with Gasteiger partial charge in [-0.2, -0.15) is 0 Å². The van der Waals surface area contributed by atoms with Gasteiger partial charge in [-0.05, 0) is 25.5 Å². The van der Waals surface area contributed by atoms with Crippen molar-refractivity contribution in [3.05, 3.63) is 46.6 Å². The van der Waals surface area contributed by atoms with Crippen molar-refractivity contribution in [1.82, 2.24) is 9.38 Å². The molecule has 1 aromatic carbocycles. The third-order valence-electron chi connectivity index (χ3n) is 3.05. The van der Waals surface area contributed by atoms with Gasteiger partial charge in [-0.3, -0.25) is 4.40 Å². The molecule has 19 heavy (non-hydrogen) atoms. The Morgan fingerprint density at radius 1 is 1.37 bits per heavy atom. The van der Waals surface area contributed by atoms with Crippen LogP contribution in [0.1, 0.15) is 16.8 Å². The fraction of sp³-hybridized carbons (Fsp3) is 0.214. The summed E-state index contributed by atoms with van der Waals surface area (Å²) in [6, 6.07) is 6.49. The first-order valence-corrected chi connectivity index (χ1v) is 7.78. The number of nitrogens with two attached hydrogens (primary N) is 1. The number of fused-ring (bicyclic) bond motifs is 1. The van der Waals surface area contributed by atoms with Gasteiger partial charge < -0.3 is 5.73 Å². The molecule has 98 valence electrons. The molecule has 0 spiro atoms. The topological polar surface area (TPSA) is 43.3 Å². The molecule has 2 heterocycles. The molecule has 5 heteroatoms. The summed E-state index contributed by atoms with van der Waals surface area (Å²) in [7, 11) is 0. The summed E-state index contributed by atoms with van der Waals surface area (Å²) in [6.45, 7) is 4.75. The van der Waals surface area contributed by atoms with Crippen LogP contribution in [-0.4, -0.2) is 9.38 Å². The maximum absolute atomic E-state index is 5.87. The van der Waals surface area contributed by atoms with Gasteiger partial charge in [0.05, 0.1) is 5.69 Å². The lowest BCUT2D eigenvalue weighted by Crippen LogP contribution is -2.01. The molecule has 2 N–H and O–H groups in total. The van der Waals surface area contributed by atoms with E-state index < -0.39 is 0 Å². The van der Waals surface area contributed by atoms with Crippen molar-refractivity contribution in [2.75, 3.05) is 0 Å². The predicted octanol–water partition coefficient (Wildman–Crippen LogP) is 3.62. The molecule has 2 aromatic heterocycles. The van der Waals surface area contributed by atoms with E-state index in [1.54, 1.807) is 23.1 Å². The Morgan fingerprint density at radius 3 is 2.95 bits per heavy atom. The zero-order valence-electron chi connectivity index (χ0n) is 10.9. The molecule has 0 atom stereocenters. The first-order chi connectivity index (χ1) is 9.19. The molecular weight excluding hydrogens is 274 g/mol. The van der Waals surface area contributed by atoms with Crippen LogP contribution in [0.5, 0.6) is 0 Å². The molecule has 0 aliphatic rings. The van der Waals surface area contributed by atoms with Crippen LogP contribution in [0.2, 0.25) is 0 Å². The molecule has 0 saturated heterocycles. The zero-order chi connectivity index (χ0) is 13.4. The summed E-state index contributed by atoms with van der Waals surface area (Å²) in [4.78, 5) is 6.92. The van der Waals surface area contributed by atoms with Crippen LogP contribution in [0.4, 0.5) is 0 Å². The smallest absolute Gasteiger partial charge is 0.194 e. The normalized spacial score (nSPS) is 11.3. The molecule has 0 amide bonds. The average Bonchev–Trinajstić information content (AvgIpc) is 2.92. The molecule has 3 nitrogen and oxygen atoms in total. The standard InChI is InChI=1S/C14H15N3S2/c1-9-3-4-12(10(2)7-9)19-13-11(8-15)17-5-6-18-14(17)16-13/h3-7H,8,15H2,1-2H3. The van der Waals surface area contributed by atoms with Crippen molar-refractivity contribution in [2.45, 2.75) is 30.3 Å². The lowest BCUT2D eigenvalue weighted by Gasteiger charge is -2.06. The SMILES string of the molecule is Cc1ccc(Sc2nc3sccn3c2CN)c(C)c1. The van der Waals surface area contributed by atoms with E-state index in [9.17, 15) is 0 Å². The van der Waals surface area contributed by atoms with E-state index in [0.29, 0.717) is 6.54 Å². The Morgan fingerprint density at radius 2 is 2.21 bits per heavy atom. The van der Waals surface area contributed by atoms with Crippen molar-refractivity contribution >= 4 is 28.1 Å². The van der Waals surface area contributed by atoms with Gasteiger partial charge in [0.1, 0.15) is 5.03 Å². The Hall–Kier alpha value is -1.30. The Balaban J connectivity index is 2.02. The second-order valence-electron chi connectivity index (χ2n) is 4.49. The van der Waals surface area contributed by atoms with Crippen LogP contribution in [0.15, 0.2) is 39.7 Å². The number of aromatic nitrogens is 2. The molecular formula is C14H15N3S2. The summed E-state index contributed by atoms with van der Waals surface area (Å²) in [6.07, 6.45) is 2.03. The number of imidazole rings is 1. The second kappa shape index (κ2) is 5.00. The van der Waals surface area contributed by atoms with Gasteiger partial charge in [-0.1, -0.05) is 29.5 Å². The van der Waals surface area contributed by atoms with Crippen molar-refractivity contribution in [1.29, 1.82) is 0 Å². The van der Waals surface area contributed by atoms with Crippen LogP contribution in [0.25, 0.3) is 4.96 Å². The summed E-state index contributed by atoms with van der Waals surface area (Å²) < 4.78 is 2.08. The molecule has 3 rings (SSSR count). The fourth-order valence-electron chi connectivity index (χ4n) is 2.10. The highest BCUT2D eigenvalue weighted by molar-refractivity contribution is 7.99. The highest BCUT2D eigenvalue weighted by Crippen LogP contribution is 2.33. The van der Waals surface area contributed by atoms with Crippen LogP contribution in [-0.2, 0) is 6.54 Å². The van der Waals surface area contributed by atoms with Crippen molar-refractivity contribution < 1.29 is 0 Å². The van der Waals surface area contributed by atoms with E-state index >= 15 is 0 Å². The largest absolute Gasteiger partial charge is 0.325 e. The van der Waals surface area contributed by atoms with Gasteiger partial charge in [0.25, 0.3) is 0 Å². The van der Waals surface area contributed by atoms with Gasteiger partial charge in [0, 0.05) is 23.0 Å². The van der Waals surface area contributed by atoms with E-state index in [1.807, 2.05) is 11.6 Å². The maximum Gasteiger partial charge on any atom is 0.194 e. The average molecular weight is 289 g/mol. The van der Waals surface area contributed by atoms with Gasteiger partial charge in [0.15, 0.2) is 4.96 Å². The van der Waals surface area contributed by atoms with Crippen molar-refractivity contribution in [2.24, 2.45) is 5.73 Å².